The van der Waals surface area contributed by atoms with Gasteiger partial charge in [0.25, 0.3) is 0 Å². The molecule has 3 unspecified atom stereocenters. The van der Waals surface area contributed by atoms with Crippen molar-refractivity contribution in [3.63, 3.8) is 0 Å². The quantitative estimate of drug-likeness (QED) is 0.733. The summed E-state index contributed by atoms with van der Waals surface area (Å²) in [6.07, 6.45) is 4.10. The molecule has 0 bridgehead atoms. The van der Waals surface area contributed by atoms with Gasteiger partial charge in [-0.3, -0.25) is 0 Å². The maximum atomic E-state index is 6.14. The summed E-state index contributed by atoms with van der Waals surface area (Å²) >= 11 is 4.11. The molecule has 0 aromatic heterocycles. The maximum Gasteiger partial charge on any atom is 0.0315 e. The van der Waals surface area contributed by atoms with Crippen LogP contribution in [0.4, 0.5) is 0 Å². The zero-order valence-corrected chi connectivity index (χ0v) is 9.87. The minimum Gasteiger partial charge on any atom is -0.327 e. The van der Waals surface area contributed by atoms with E-state index in [1.807, 2.05) is 17.8 Å². The average molecular weight is 217 g/mol. The van der Waals surface area contributed by atoms with Gasteiger partial charge in [0.15, 0.2) is 0 Å². The summed E-state index contributed by atoms with van der Waals surface area (Å²) in [5.74, 6) is 2.55. The first-order chi connectivity index (χ1) is 6.25. The van der Waals surface area contributed by atoms with E-state index in [0.717, 1.165) is 18.1 Å². The molecule has 3 atom stereocenters. The van der Waals surface area contributed by atoms with Crippen LogP contribution < -0.4 is 5.73 Å². The number of nitrogens with two attached hydrogens (primary N) is 1. The molecule has 1 aliphatic rings. The van der Waals surface area contributed by atoms with E-state index in [0.29, 0.717) is 11.3 Å². The van der Waals surface area contributed by atoms with E-state index in [-0.39, 0.29) is 0 Å². The molecule has 1 saturated heterocycles. The Hall–Kier alpha value is 0.400. The predicted molar refractivity (Wildman–Crippen MR) is 65.6 cm³/mol. The van der Waals surface area contributed by atoms with Crippen molar-refractivity contribution in [2.45, 2.75) is 36.3 Å². The molecular formula is C10H19NS2. The van der Waals surface area contributed by atoms with Crippen LogP contribution in [0.25, 0.3) is 0 Å². The lowest BCUT2D eigenvalue weighted by Gasteiger charge is -2.32. The van der Waals surface area contributed by atoms with Crippen molar-refractivity contribution >= 4 is 23.5 Å². The van der Waals surface area contributed by atoms with Crippen LogP contribution in [0, 0.1) is 0 Å². The fourth-order valence-electron chi connectivity index (χ4n) is 1.59. The molecule has 0 aliphatic carbocycles. The summed E-state index contributed by atoms with van der Waals surface area (Å²) in [4.78, 5) is 0. The van der Waals surface area contributed by atoms with E-state index < -0.39 is 0 Å². The molecule has 2 N–H and O–H groups in total. The number of thioether (sulfide) groups is 2. The van der Waals surface area contributed by atoms with Gasteiger partial charge in [-0.15, -0.1) is 6.58 Å². The van der Waals surface area contributed by atoms with Gasteiger partial charge in [0.1, 0.15) is 0 Å². The van der Waals surface area contributed by atoms with Crippen molar-refractivity contribution in [2.75, 3.05) is 11.5 Å². The van der Waals surface area contributed by atoms with Crippen LogP contribution in [0.3, 0.4) is 0 Å². The summed E-state index contributed by atoms with van der Waals surface area (Å²) in [5, 5.41) is 1.37. The van der Waals surface area contributed by atoms with Crippen LogP contribution in [0.2, 0.25) is 0 Å². The van der Waals surface area contributed by atoms with Crippen molar-refractivity contribution in [1.82, 2.24) is 0 Å². The first-order valence-corrected chi connectivity index (χ1v) is 6.95. The van der Waals surface area contributed by atoms with Crippen LogP contribution in [0.15, 0.2) is 12.7 Å². The molecule has 1 nitrogen and oxygen atoms in total. The second kappa shape index (κ2) is 5.99. The Bertz CT molecular complexity index is 161. The highest BCUT2D eigenvalue weighted by Gasteiger charge is 2.27. The molecule has 0 saturated carbocycles. The molecule has 0 radical (unpaired) electrons. The van der Waals surface area contributed by atoms with Crippen LogP contribution in [-0.2, 0) is 0 Å². The predicted octanol–water partition coefficient (Wildman–Crippen LogP) is 2.52. The van der Waals surface area contributed by atoms with Crippen molar-refractivity contribution in [2.24, 2.45) is 5.73 Å². The largest absolute Gasteiger partial charge is 0.327 e. The average Bonchev–Trinajstić information content (AvgIpc) is 2.15. The fourth-order valence-corrected chi connectivity index (χ4v) is 4.53. The van der Waals surface area contributed by atoms with Crippen LogP contribution in [-0.4, -0.2) is 28.0 Å². The molecular weight excluding hydrogens is 198 g/mol. The van der Waals surface area contributed by atoms with E-state index in [2.05, 4.69) is 25.3 Å². The van der Waals surface area contributed by atoms with Gasteiger partial charge in [0, 0.05) is 28.0 Å². The first kappa shape index (κ1) is 11.5. The number of rotatable bonds is 4. The molecule has 0 spiro atoms. The molecule has 1 fully saturated rings. The second-order valence-corrected chi connectivity index (χ2v) is 6.21. The minimum absolute atomic E-state index is 0.353. The Morgan fingerprint density at radius 2 is 2.23 bits per heavy atom. The normalized spacial score (nSPS) is 31.2. The topological polar surface area (TPSA) is 26.0 Å². The molecule has 76 valence electrons. The highest BCUT2D eigenvalue weighted by atomic mass is 32.2. The molecule has 0 aromatic rings. The Kier molecular flexibility index (Phi) is 5.29. The molecule has 1 heterocycles. The van der Waals surface area contributed by atoms with Gasteiger partial charge in [-0.1, -0.05) is 13.0 Å². The molecule has 0 aromatic carbocycles. The van der Waals surface area contributed by atoms with Gasteiger partial charge in [-0.05, 0) is 12.8 Å². The standard InChI is InChI=1S/C10H19NS2/c1-3-4-5-9(11)10-8(2)12-6-7-13-10/h3,8-10H,1,4-7,11H2,2H3. The lowest BCUT2D eigenvalue weighted by Crippen LogP contribution is -2.40. The Morgan fingerprint density at radius 3 is 2.85 bits per heavy atom. The van der Waals surface area contributed by atoms with Crippen molar-refractivity contribution in [3.8, 4) is 0 Å². The van der Waals surface area contributed by atoms with Crippen molar-refractivity contribution in [1.29, 1.82) is 0 Å². The highest BCUT2D eigenvalue weighted by Crippen LogP contribution is 2.33. The SMILES string of the molecule is C=CCCC(N)C1SCCSC1C. The van der Waals surface area contributed by atoms with Crippen molar-refractivity contribution < 1.29 is 0 Å². The fraction of sp³-hybridized carbons (Fsp3) is 0.800. The number of hydrogen-bond acceptors (Lipinski definition) is 3. The number of allylic oxidation sites excluding steroid dienone is 1. The van der Waals surface area contributed by atoms with Gasteiger partial charge in [0.2, 0.25) is 0 Å². The van der Waals surface area contributed by atoms with E-state index in [1.54, 1.807) is 0 Å². The number of hydrogen-bond donors (Lipinski definition) is 1. The first-order valence-electron chi connectivity index (χ1n) is 4.85. The third-order valence-electron chi connectivity index (χ3n) is 2.36. The monoisotopic (exact) mass is 217 g/mol. The summed E-state index contributed by atoms with van der Waals surface area (Å²) in [7, 11) is 0. The van der Waals surface area contributed by atoms with Gasteiger partial charge in [0.05, 0.1) is 0 Å². The third kappa shape index (κ3) is 3.56. The van der Waals surface area contributed by atoms with Gasteiger partial charge in [-0.2, -0.15) is 23.5 Å². The Balaban J connectivity index is 2.34. The minimum atomic E-state index is 0.353. The molecule has 3 heteroatoms. The zero-order chi connectivity index (χ0) is 9.68. The van der Waals surface area contributed by atoms with Gasteiger partial charge in [-0.25, -0.2) is 0 Å². The van der Waals surface area contributed by atoms with Crippen LogP contribution >= 0.6 is 23.5 Å². The zero-order valence-electron chi connectivity index (χ0n) is 8.24. The van der Waals surface area contributed by atoms with E-state index >= 15 is 0 Å². The summed E-state index contributed by atoms with van der Waals surface area (Å²) in [6.45, 7) is 6.03. The molecule has 1 aliphatic heterocycles. The lowest BCUT2D eigenvalue weighted by atomic mass is 10.1. The van der Waals surface area contributed by atoms with Crippen LogP contribution in [0.5, 0.6) is 0 Å². The maximum absolute atomic E-state index is 6.14. The van der Waals surface area contributed by atoms with E-state index in [4.69, 9.17) is 5.73 Å². The van der Waals surface area contributed by atoms with Gasteiger partial charge < -0.3 is 5.73 Å². The second-order valence-electron chi connectivity index (χ2n) is 3.44. The third-order valence-corrected chi connectivity index (χ3v) is 5.64. The van der Waals surface area contributed by atoms with E-state index in [1.165, 1.54) is 11.5 Å². The Morgan fingerprint density at radius 1 is 1.54 bits per heavy atom. The smallest absolute Gasteiger partial charge is 0.0315 e. The summed E-state index contributed by atoms with van der Waals surface area (Å²) in [6, 6.07) is 0.353. The molecule has 1 rings (SSSR count). The summed E-state index contributed by atoms with van der Waals surface area (Å²) in [5.41, 5.74) is 6.14. The van der Waals surface area contributed by atoms with Crippen molar-refractivity contribution in [3.05, 3.63) is 12.7 Å². The summed E-state index contributed by atoms with van der Waals surface area (Å²) < 4.78 is 0. The Labute approximate surface area is 89.9 Å². The van der Waals surface area contributed by atoms with E-state index in [9.17, 15) is 0 Å². The highest BCUT2D eigenvalue weighted by molar-refractivity contribution is 8.07. The van der Waals surface area contributed by atoms with Gasteiger partial charge >= 0.3 is 0 Å². The molecule has 13 heavy (non-hydrogen) atoms. The van der Waals surface area contributed by atoms with Crippen LogP contribution in [0.1, 0.15) is 19.8 Å². The molecule has 0 amide bonds. The lowest BCUT2D eigenvalue weighted by molar-refractivity contribution is 0.585.